The van der Waals surface area contributed by atoms with E-state index in [4.69, 9.17) is 4.42 Å². The summed E-state index contributed by atoms with van der Waals surface area (Å²) in [5, 5.41) is 11.6. The van der Waals surface area contributed by atoms with Gasteiger partial charge in [-0.2, -0.15) is 0 Å². The Morgan fingerprint density at radius 3 is 3.00 bits per heavy atom. The van der Waals surface area contributed by atoms with E-state index in [1.807, 2.05) is 24.3 Å². The Morgan fingerprint density at radius 2 is 2.24 bits per heavy atom. The Morgan fingerprint density at radius 1 is 1.38 bits per heavy atom. The molecule has 1 fully saturated rings. The average Bonchev–Trinajstić information content (AvgIpc) is 3.09. The van der Waals surface area contributed by atoms with Crippen LogP contribution < -0.4 is 5.32 Å². The van der Waals surface area contributed by atoms with Gasteiger partial charge in [-0.15, -0.1) is 10.2 Å². The van der Waals surface area contributed by atoms with Crippen molar-refractivity contribution in [2.45, 2.75) is 13.0 Å². The molecule has 1 unspecified atom stereocenters. The molecule has 0 spiro atoms. The predicted molar refractivity (Wildman–Crippen MR) is 84.7 cm³/mol. The fourth-order valence-electron chi connectivity index (χ4n) is 2.64. The van der Waals surface area contributed by atoms with Crippen molar-refractivity contribution in [1.29, 1.82) is 0 Å². The molecule has 5 nitrogen and oxygen atoms in total. The van der Waals surface area contributed by atoms with Crippen LogP contribution in [0.3, 0.4) is 0 Å². The van der Waals surface area contributed by atoms with E-state index in [1.54, 1.807) is 0 Å². The van der Waals surface area contributed by atoms with Crippen molar-refractivity contribution in [2.75, 3.05) is 26.7 Å². The van der Waals surface area contributed by atoms with Crippen molar-refractivity contribution < 1.29 is 4.42 Å². The van der Waals surface area contributed by atoms with E-state index in [0.29, 0.717) is 18.3 Å². The van der Waals surface area contributed by atoms with Gasteiger partial charge in [0.05, 0.1) is 12.1 Å². The van der Waals surface area contributed by atoms with E-state index in [1.165, 1.54) is 19.5 Å². The first-order chi connectivity index (χ1) is 10.2. The lowest BCUT2D eigenvalue weighted by molar-refractivity contribution is 0.383. The van der Waals surface area contributed by atoms with Crippen LogP contribution in [0.5, 0.6) is 0 Å². The summed E-state index contributed by atoms with van der Waals surface area (Å²) >= 11 is 3.50. The van der Waals surface area contributed by atoms with Gasteiger partial charge < -0.3 is 14.6 Å². The average molecular weight is 351 g/mol. The van der Waals surface area contributed by atoms with Crippen molar-refractivity contribution in [1.82, 2.24) is 20.4 Å². The van der Waals surface area contributed by atoms with Crippen molar-refractivity contribution in [2.24, 2.45) is 5.92 Å². The van der Waals surface area contributed by atoms with Crippen LogP contribution >= 0.6 is 15.9 Å². The van der Waals surface area contributed by atoms with Crippen molar-refractivity contribution in [3.8, 4) is 11.5 Å². The molecule has 0 radical (unpaired) electrons. The van der Waals surface area contributed by atoms with Crippen LogP contribution in [-0.2, 0) is 6.54 Å². The molecule has 1 N–H and O–H groups in total. The first-order valence-electron chi connectivity index (χ1n) is 7.19. The predicted octanol–water partition coefficient (Wildman–Crippen LogP) is 2.54. The minimum atomic E-state index is 0.555. The molecule has 1 atom stereocenters. The second kappa shape index (κ2) is 6.68. The third-order valence-corrected chi connectivity index (χ3v) is 4.46. The number of rotatable bonds is 5. The molecule has 1 aromatic heterocycles. The maximum atomic E-state index is 5.71. The molecule has 0 saturated carbocycles. The Kier molecular flexibility index (Phi) is 4.67. The highest BCUT2D eigenvalue weighted by molar-refractivity contribution is 9.10. The summed E-state index contributed by atoms with van der Waals surface area (Å²) in [5.41, 5.74) is 0.925. The van der Waals surface area contributed by atoms with Crippen LogP contribution in [0.4, 0.5) is 0 Å². The number of benzene rings is 1. The molecule has 0 aliphatic carbocycles. The van der Waals surface area contributed by atoms with Gasteiger partial charge in [0.25, 0.3) is 0 Å². The lowest BCUT2D eigenvalue weighted by Gasteiger charge is -2.10. The molecule has 1 saturated heterocycles. The van der Waals surface area contributed by atoms with E-state index >= 15 is 0 Å². The molecule has 3 rings (SSSR count). The molecule has 2 aromatic rings. The lowest BCUT2D eigenvalue weighted by Crippen LogP contribution is -2.24. The quantitative estimate of drug-likeness (QED) is 0.897. The van der Waals surface area contributed by atoms with Crippen molar-refractivity contribution in [3.63, 3.8) is 0 Å². The molecule has 1 aromatic carbocycles. The van der Waals surface area contributed by atoms with Crippen LogP contribution in [0.25, 0.3) is 11.5 Å². The zero-order chi connectivity index (χ0) is 14.7. The highest BCUT2D eigenvalue weighted by atomic mass is 79.9. The normalized spacial score (nSPS) is 19.2. The molecule has 2 heterocycles. The summed E-state index contributed by atoms with van der Waals surface area (Å²) in [6.45, 7) is 3.98. The Labute approximate surface area is 132 Å². The molecule has 21 heavy (non-hydrogen) atoms. The maximum Gasteiger partial charge on any atom is 0.248 e. The van der Waals surface area contributed by atoms with Crippen LogP contribution in [0, 0.1) is 5.92 Å². The summed E-state index contributed by atoms with van der Waals surface area (Å²) in [6, 6.07) is 7.85. The molecular weight excluding hydrogens is 332 g/mol. The molecule has 0 amide bonds. The van der Waals surface area contributed by atoms with E-state index < -0.39 is 0 Å². The lowest BCUT2D eigenvalue weighted by atomic mass is 10.1. The number of aromatic nitrogens is 2. The smallest absolute Gasteiger partial charge is 0.248 e. The second-order valence-corrected chi connectivity index (χ2v) is 6.38. The van der Waals surface area contributed by atoms with Crippen LogP contribution in [0.2, 0.25) is 0 Å². The summed E-state index contributed by atoms with van der Waals surface area (Å²) in [5.74, 6) is 1.91. The minimum Gasteiger partial charge on any atom is -0.419 e. The fraction of sp³-hybridized carbons (Fsp3) is 0.467. The second-order valence-electron chi connectivity index (χ2n) is 5.53. The summed E-state index contributed by atoms with van der Waals surface area (Å²) < 4.78 is 6.67. The molecule has 6 heteroatoms. The summed E-state index contributed by atoms with van der Waals surface area (Å²) in [6.07, 6.45) is 1.26. The van der Waals surface area contributed by atoms with E-state index in [-0.39, 0.29) is 0 Å². The van der Waals surface area contributed by atoms with Crippen molar-refractivity contribution >= 4 is 15.9 Å². The Hall–Kier alpha value is -1.24. The molecule has 1 aliphatic heterocycles. The van der Waals surface area contributed by atoms with Gasteiger partial charge in [0.1, 0.15) is 0 Å². The zero-order valence-electron chi connectivity index (χ0n) is 12.1. The van der Waals surface area contributed by atoms with Gasteiger partial charge in [-0.1, -0.05) is 12.1 Å². The number of likely N-dealkylation sites (tertiary alicyclic amines) is 1. The van der Waals surface area contributed by atoms with Crippen LogP contribution in [0.15, 0.2) is 33.2 Å². The zero-order valence-corrected chi connectivity index (χ0v) is 13.6. The van der Waals surface area contributed by atoms with Crippen LogP contribution in [0.1, 0.15) is 12.3 Å². The number of halogens is 1. The minimum absolute atomic E-state index is 0.555. The highest BCUT2D eigenvalue weighted by Crippen LogP contribution is 2.26. The highest BCUT2D eigenvalue weighted by Gasteiger charge is 2.19. The van der Waals surface area contributed by atoms with Crippen LogP contribution in [-0.4, -0.2) is 41.8 Å². The van der Waals surface area contributed by atoms with E-state index in [0.717, 1.165) is 22.5 Å². The standard InChI is InChI=1S/C15H19BrN4O/c1-20-7-6-11(10-20)8-17-9-14-18-19-15(21-14)12-4-2-3-5-13(12)16/h2-5,11,17H,6-10H2,1H3. The van der Waals surface area contributed by atoms with Gasteiger partial charge in [-0.05, 0) is 60.5 Å². The topological polar surface area (TPSA) is 54.2 Å². The Balaban J connectivity index is 1.55. The number of nitrogens with zero attached hydrogens (tertiary/aromatic N) is 3. The van der Waals surface area contributed by atoms with Gasteiger partial charge in [-0.3, -0.25) is 0 Å². The van der Waals surface area contributed by atoms with Crippen molar-refractivity contribution in [3.05, 3.63) is 34.6 Å². The van der Waals surface area contributed by atoms with Gasteiger partial charge >= 0.3 is 0 Å². The first kappa shape index (κ1) is 14.7. The van der Waals surface area contributed by atoms with E-state index in [9.17, 15) is 0 Å². The largest absolute Gasteiger partial charge is 0.419 e. The molecule has 1 aliphatic rings. The number of hydrogen-bond acceptors (Lipinski definition) is 5. The molecule has 0 bridgehead atoms. The van der Waals surface area contributed by atoms with Gasteiger partial charge in [-0.25, -0.2) is 0 Å². The molecular formula is C15H19BrN4O. The monoisotopic (exact) mass is 350 g/mol. The summed E-state index contributed by atoms with van der Waals surface area (Å²) in [7, 11) is 2.17. The van der Waals surface area contributed by atoms with Gasteiger partial charge in [0.2, 0.25) is 11.8 Å². The maximum absolute atomic E-state index is 5.71. The third-order valence-electron chi connectivity index (χ3n) is 3.77. The third kappa shape index (κ3) is 3.70. The van der Waals surface area contributed by atoms with E-state index in [2.05, 4.69) is 43.4 Å². The first-order valence-corrected chi connectivity index (χ1v) is 7.98. The fourth-order valence-corrected chi connectivity index (χ4v) is 3.10. The number of nitrogens with one attached hydrogen (secondary N) is 1. The van der Waals surface area contributed by atoms with Gasteiger partial charge in [0.15, 0.2) is 0 Å². The molecule has 112 valence electrons. The summed E-state index contributed by atoms with van der Waals surface area (Å²) in [4.78, 5) is 2.37. The SMILES string of the molecule is CN1CCC(CNCc2nnc(-c3ccccc3Br)o2)C1. The van der Waals surface area contributed by atoms with Gasteiger partial charge in [0, 0.05) is 11.0 Å². The number of hydrogen-bond donors (Lipinski definition) is 1. The Bertz CT molecular complexity index is 601.